The summed E-state index contributed by atoms with van der Waals surface area (Å²) >= 11 is 0. The molecular weight excluding hydrogens is 298 g/mol. The molecule has 0 aliphatic carbocycles. The number of nitrogens with two attached hydrogens (primary N) is 1. The van der Waals surface area contributed by atoms with Crippen molar-refractivity contribution >= 4 is 33.9 Å². The normalized spacial score (nSPS) is 10.5. The van der Waals surface area contributed by atoms with Crippen molar-refractivity contribution in [2.24, 2.45) is 5.84 Å². The molecule has 2 heterocycles. The molecule has 4 N–H and O–H groups in total. The van der Waals surface area contributed by atoms with Crippen LogP contribution in [0.2, 0.25) is 0 Å². The van der Waals surface area contributed by atoms with Crippen molar-refractivity contribution in [3.8, 4) is 0 Å². The Balaban J connectivity index is 2.11. The number of fused-ring (bicyclic) bond motifs is 1. The first-order valence-corrected chi connectivity index (χ1v) is 6.69. The van der Waals surface area contributed by atoms with Gasteiger partial charge >= 0.3 is 5.69 Å². The van der Waals surface area contributed by atoms with Gasteiger partial charge in [-0.1, -0.05) is 6.07 Å². The Bertz CT molecular complexity index is 897. The Morgan fingerprint density at radius 2 is 1.96 bits per heavy atom. The van der Waals surface area contributed by atoms with Crippen molar-refractivity contribution in [3.05, 3.63) is 52.5 Å². The number of nitrogen functional groups attached to an aromatic ring is 1. The molecule has 0 aliphatic heterocycles. The van der Waals surface area contributed by atoms with Gasteiger partial charge in [-0.2, -0.15) is 0 Å². The van der Waals surface area contributed by atoms with Gasteiger partial charge < -0.3 is 10.7 Å². The highest BCUT2D eigenvalue weighted by Gasteiger charge is 2.22. The van der Waals surface area contributed by atoms with E-state index in [2.05, 4.69) is 25.7 Å². The molecule has 0 unspecified atom stereocenters. The number of rotatable bonds is 4. The minimum absolute atomic E-state index is 0.0472. The smallest absolute Gasteiger partial charge is 0.334 e. The van der Waals surface area contributed by atoms with E-state index >= 15 is 0 Å². The molecule has 0 saturated heterocycles. The first-order chi connectivity index (χ1) is 11.1. The predicted molar refractivity (Wildman–Crippen MR) is 86.3 cm³/mol. The fourth-order valence-electron chi connectivity index (χ4n) is 2.24. The second kappa shape index (κ2) is 5.81. The molecule has 3 aromatic rings. The third-order valence-electron chi connectivity index (χ3n) is 3.27. The Labute approximate surface area is 130 Å². The van der Waals surface area contributed by atoms with Crippen LogP contribution < -0.4 is 16.6 Å². The predicted octanol–water partition coefficient (Wildman–Crippen LogP) is 2.27. The molecule has 9 heteroatoms. The van der Waals surface area contributed by atoms with Crippen LogP contribution in [0, 0.1) is 17.0 Å². The van der Waals surface area contributed by atoms with Crippen LogP contribution >= 0.6 is 0 Å². The van der Waals surface area contributed by atoms with Crippen LogP contribution in [0.15, 0.2) is 36.7 Å². The monoisotopic (exact) mass is 311 g/mol. The average molecular weight is 311 g/mol. The Morgan fingerprint density at radius 1 is 1.17 bits per heavy atom. The number of hydrogen-bond acceptors (Lipinski definition) is 8. The molecule has 3 rings (SSSR count). The minimum atomic E-state index is -0.592. The molecule has 1 aromatic carbocycles. The van der Waals surface area contributed by atoms with E-state index in [1.807, 2.05) is 31.2 Å². The molecule has 116 valence electrons. The van der Waals surface area contributed by atoms with Crippen LogP contribution in [0.3, 0.4) is 0 Å². The Kier molecular flexibility index (Phi) is 3.69. The lowest BCUT2D eigenvalue weighted by Gasteiger charge is -2.10. The second-order valence-electron chi connectivity index (χ2n) is 4.77. The number of nitrogens with zero attached hydrogens (tertiary/aromatic N) is 4. The molecule has 23 heavy (non-hydrogen) atoms. The van der Waals surface area contributed by atoms with Crippen LogP contribution in [0.5, 0.6) is 0 Å². The molecule has 0 spiro atoms. The quantitative estimate of drug-likeness (QED) is 0.380. The molecule has 0 saturated carbocycles. The van der Waals surface area contributed by atoms with Gasteiger partial charge in [-0.25, -0.2) is 15.8 Å². The third-order valence-corrected chi connectivity index (χ3v) is 3.27. The number of nitro groups is 1. The molecule has 0 amide bonds. The van der Waals surface area contributed by atoms with Crippen LogP contribution in [0.25, 0.3) is 10.9 Å². The van der Waals surface area contributed by atoms with Crippen LogP contribution in [0.1, 0.15) is 5.69 Å². The minimum Gasteiger partial charge on any atom is -0.334 e. The van der Waals surface area contributed by atoms with Crippen LogP contribution in [0.4, 0.5) is 23.0 Å². The fourth-order valence-corrected chi connectivity index (χ4v) is 2.24. The van der Waals surface area contributed by atoms with Gasteiger partial charge in [0.1, 0.15) is 6.33 Å². The van der Waals surface area contributed by atoms with E-state index in [-0.39, 0.29) is 17.3 Å². The van der Waals surface area contributed by atoms with E-state index in [1.165, 1.54) is 6.33 Å². The summed E-state index contributed by atoms with van der Waals surface area (Å²) in [6.45, 7) is 1.90. The van der Waals surface area contributed by atoms with E-state index in [1.54, 1.807) is 6.07 Å². The number of aryl methyl sites for hydroxylation is 1. The fraction of sp³-hybridized carbons (Fsp3) is 0.0714. The SMILES string of the molecule is Cc1ccc2c(Nc3ncnc(NN)c3[N+](=O)[O-])cccc2n1. The molecule has 0 atom stereocenters. The lowest BCUT2D eigenvalue weighted by Crippen LogP contribution is -2.12. The average Bonchev–Trinajstić information content (AvgIpc) is 2.54. The van der Waals surface area contributed by atoms with Gasteiger partial charge in [0.2, 0.25) is 11.6 Å². The molecule has 0 bridgehead atoms. The maximum atomic E-state index is 11.3. The second-order valence-corrected chi connectivity index (χ2v) is 4.77. The van der Waals surface area contributed by atoms with E-state index in [0.29, 0.717) is 5.69 Å². The van der Waals surface area contributed by atoms with Gasteiger partial charge in [0.25, 0.3) is 0 Å². The molecule has 0 fully saturated rings. The van der Waals surface area contributed by atoms with Gasteiger partial charge in [-0.05, 0) is 31.2 Å². The molecule has 0 aliphatic rings. The summed E-state index contributed by atoms with van der Waals surface area (Å²) in [7, 11) is 0. The van der Waals surface area contributed by atoms with Gasteiger partial charge in [0.05, 0.1) is 10.4 Å². The highest BCUT2D eigenvalue weighted by atomic mass is 16.6. The zero-order valence-corrected chi connectivity index (χ0v) is 12.1. The molecule has 2 aromatic heterocycles. The van der Waals surface area contributed by atoms with Crippen molar-refractivity contribution in [2.45, 2.75) is 6.92 Å². The summed E-state index contributed by atoms with van der Waals surface area (Å²) in [5.41, 5.74) is 4.20. The standard InChI is InChI=1S/C14H13N7O2/c1-8-5-6-9-10(18-8)3-2-4-11(9)19-13-12(21(22)23)14(20-15)17-7-16-13/h2-7H,15H2,1H3,(H2,16,17,19,20). The van der Waals surface area contributed by atoms with Crippen molar-refractivity contribution in [3.63, 3.8) is 0 Å². The zero-order chi connectivity index (χ0) is 16.4. The number of hydrazine groups is 1. The summed E-state index contributed by atoms with van der Waals surface area (Å²) in [5.74, 6) is 5.25. The van der Waals surface area contributed by atoms with Crippen molar-refractivity contribution in [1.29, 1.82) is 0 Å². The van der Waals surface area contributed by atoms with E-state index < -0.39 is 4.92 Å². The van der Waals surface area contributed by atoms with Gasteiger partial charge in [0, 0.05) is 16.8 Å². The first kappa shape index (κ1) is 14.6. The number of benzene rings is 1. The summed E-state index contributed by atoms with van der Waals surface area (Å²) in [4.78, 5) is 22.8. The highest BCUT2D eigenvalue weighted by molar-refractivity contribution is 5.94. The summed E-state index contributed by atoms with van der Waals surface area (Å²) in [6.07, 6.45) is 1.19. The maximum absolute atomic E-state index is 11.3. The van der Waals surface area contributed by atoms with Crippen molar-refractivity contribution < 1.29 is 4.92 Å². The van der Waals surface area contributed by atoms with Crippen LogP contribution in [-0.4, -0.2) is 19.9 Å². The number of anilines is 3. The molecule has 0 radical (unpaired) electrons. The summed E-state index contributed by atoms with van der Waals surface area (Å²) in [6, 6.07) is 9.24. The van der Waals surface area contributed by atoms with E-state index in [4.69, 9.17) is 5.84 Å². The molecule has 9 nitrogen and oxygen atoms in total. The Morgan fingerprint density at radius 3 is 2.70 bits per heavy atom. The Hall–Kier alpha value is -3.33. The number of hydrogen-bond donors (Lipinski definition) is 3. The van der Waals surface area contributed by atoms with E-state index in [9.17, 15) is 10.1 Å². The van der Waals surface area contributed by atoms with Crippen LogP contribution in [-0.2, 0) is 0 Å². The number of pyridine rings is 1. The van der Waals surface area contributed by atoms with Gasteiger partial charge in [-0.15, -0.1) is 0 Å². The van der Waals surface area contributed by atoms with Crippen molar-refractivity contribution in [1.82, 2.24) is 15.0 Å². The first-order valence-electron chi connectivity index (χ1n) is 6.69. The van der Waals surface area contributed by atoms with E-state index in [0.717, 1.165) is 16.6 Å². The lowest BCUT2D eigenvalue weighted by molar-refractivity contribution is -0.383. The lowest BCUT2D eigenvalue weighted by atomic mass is 10.1. The highest BCUT2D eigenvalue weighted by Crippen LogP contribution is 2.32. The zero-order valence-electron chi connectivity index (χ0n) is 12.1. The number of nitrogens with one attached hydrogen (secondary N) is 2. The van der Waals surface area contributed by atoms with Gasteiger partial charge in [0.15, 0.2) is 0 Å². The largest absolute Gasteiger partial charge is 0.354 e. The third kappa shape index (κ3) is 2.72. The summed E-state index contributed by atoms with van der Waals surface area (Å²) in [5, 5.41) is 15.1. The maximum Gasteiger partial charge on any atom is 0.354 e. The number of aromatic nitrogens is 3. The molecular formula is C14H13N7O2. The van der Waals surface area contributed by atoms with Gasteiger partial charge in [-0.3, -0.25) is 15.1 Å². The topological polar surface area (TPSA) is 132 Å². The summed E-state index contributed by atoms with van der Waals surface area (Å²) < 4.78 is 0. The van der Waals surface area contributed by atoms with Crippen molar-refractivity contribution in [2.75, 3.05) is 10.7 Å².